The average Bonchev–Trinajstić information content (AvgIpc) is 3.18. The van der Waals surface area contributed by atoms with Gasteiger partial charge in [-0.15, -0.1) is 0 Å². The summed E-state index contributed by atoms with van der Waals surface area (Å²) < 4.78 is 21.5. The fourth-order valence-electron chi connectivity index (χ4n) is 3.60. The summed E-state index contributed by atoms with van der Waals surface area (Å²) in [5, 5.41) is 0. The minimum absolute atomic E-state index is 0.160. The van der Waals surface area contributed by atoms with Crippen LogP contribution in [0.25, 0.3) is 0 Å². The number of hydrogen-bond donors (Lipinski definition) is 0. The molecule has 2 aliphatic heterocycles. The Hall–Kier alpha value is -2.89. The van der Waals surface area contributed by atoms with E-state index in [2.05, 4.69) is 0 Å². The lowest BCUT2D eigenvalue weighted by molar-refractivity contribution is -0.132. The lowest BCUT2D eigenvalue weighted by atomic mass is 9.98. The Balaban J connectivity index is 1.40. The molecule has 0 atom stereocenters. The van der Waals surface area contributed by atoms with Crippen molar-refractivity contribution in [3.8, 4) is 23.0 Å². The van der Waals surface area contributed by atoms with E-state index in [-0.39, 0.29) is 12.7 Å². The molecule has 0 bridgehead atoms. The number of aryl methyl sites for hydroxylation is 1. The Labute approximate surface area is 158 Å². The Bertz CT molecular complexity index is 864. The summed E-state index contributed by atoms with van der Waals surface area (Å²) >= 11 is 0. The van der Waals surface area contributed by atoms with Crippen molar-refractivity contribution in [2.45, 2.75) is 25.8 Å². The molecular formula is C21H23NO5. The summed E-state index contributed by atoms with van der Waals surface area (Å²) in [5.41, 5.74) is 3.42. The zero-order chi connectivity index (χ0) is 18.8. The van der Waals surface area contributed by atoms with Gasteiger partial charge in [-0.25, -0.2) is 0 Å². The zero-order valence-corrected chi connectivity index (χ0v) is 15.6. The highest BCUT2D eigenvalue weighted by Gasteiger charge is 2.23. The SMILES string of the molecule is COc1cc2c(cc1OC)CN(C(=O)CCc1ccc3c(c1)OCO3)CC2. The number of amides is 1. The maximum atomic E-state index is 12.7. The van der Waals surface area contributed by atoms with E-state index in [1.54, 1.807) is 14.2 Å². The van der Waals surface area contributed by atoms with Gasteiger partial charge in [0, 0.05) is 19.5 Å². The predicted molar refractivity (Wildman–Crippen MR) is 99.6 cm³/mol. The number of carbonyl (C=O) groups is 1. The molecule has 0 radical (unpaired) electrons. The van der Waals surface area contributed by atoms with E-state index in [1.165, 1.54) is 5.56 Å². The first-order valence-corrected chi connectivity index (χ1v) is 9.08. The van der Waals surface area contributed by atoms with Gasteiger partial charge in [0.2, 0.25) is 12.7 Å². The highest BCUT2D eigenvalue weighted by molar-refractivity contribution is 5.77. The molecule has 27 heavy (non-hydrogen) atoms. The molecule has 0 saturated heterocycles. The van der Waals surface area contributed by atoms with Crippen LogP contribution >= 0.6 is 0 Å². The second-order valence-electron chi connectivity index (χ2n) is 6.73. The number of nitrogens with zero attached hydrogens (tertiary/aromatic N) is 1. The summed E-state index contributed by atoms with van der Waals surface area (Å²) in [5.74, 6) is 3.12. The van der Waals surface area contributed by atoms with E-state index in [4.69, 9.17) is 18.9 Å². The molecule has 0 aliphatic carbocycles. The van der Waals surface area contributed by atoms with Crippen LogP contribution in [0.5, 0.6) is 23.0 Å². The van der Waals surface area contributed by atoms with Crippen molar-refractivity contribution in [1.29, 1.82) is 0 Å². The summed E-state index contributed by atoms with van der Waals surface area (Å²) in [7, 11) is 3.26. The third kappa shape index (κ3) is 3.52. The fourth-order valence-corrected chi connectivity index (χ4v) is 3.60. The molecule has 6 heteroatoms. The molecule has 0 N–H and O–H groups in total. The lowest BCUT2D eigenvalue weighted by Gasteiger charge is -2.29. The van der Waals surface area contributed by atoms with Crippen LogP contribution in [0.15, 0.2) is 30.3 Å². The molecule has 0 spiro atoms. The first-order valence-electron chi connectivity index (χ1n) is 9.08. The van der Waals surface area contributed by atoms with E-state index >= 15 is 0 Å². The van der Waals surface area contributed by atoms with Crippen molar-refractivity contribution in [3.63, 3.8) is 0 Å². The Kier molecular flexibility index (Phi) is 4.79. The molecule has 0 saturated carbocycles. The van der Waals surface area contributed by atoms with Crippen molar-refractivity contribution >= 4 is 5.91 Å². The molecule has 142 valence electrons. The van der Waals surface area contributed by atoms with Crippen molar-refractivity contribution in [3.05, 3.63) is 47.0 Å². The number of hydrogen-bond acceptors (Lipinski definition) is 5. The maximum absolute atomic E-state index is 12.7. The second kappa shape index (κ2) is 7.39. The molecule has 1 amide bonds. The number of ether oxygens (including phenoxy) is 4. The summed E-state index contributed by atoms with van der Waals surface area (Å²) in [6.07, 6.45) is 1.98. The Morgan fingerprint density at radius 1 is 1.04 bits per heavy atom. The first-order chi connectivity index (χ1) is 13.2. The van der Waals surface area contributed by atoms with Gasteiger partial charge in [0.15, 0.2) is 23.0 Å². The van der Waals surface area contributed by atoms with Crippen molar-refractivity contribution < 1.29 is 23.7 Å². The summed E-state index contributed by atoms with van der Waals surface area (Å²) in [6, 6.07) is 9.84. The van der Waals surface area contributed by atoms with Gasteiger partial charge in [0.25, 0.3) is 0 Å². The van der Waals surface area contributed by atoms with Gasteiger partial charge >= 0.3 is 0 Å². The minimum atomic E-state index is 0.160. The monoisotopic (exact) mass is 369 g/mol. The van der Waals surface area contributed by atoms with Gasteiger partial charge < -0.3 is 23.8 Å². The van der Waals surface area contributed by atoms with Crippen LogP contribution in [0.2, 0.25) is 0 Å². The lowest BCUT2D eigenvalue weighted by Crippen LogP contribution is -2.36. The average molecular weight is 369 g/mol. The van der Waals surface area contributed by atoms with Crippen molar-refractivity contribution in [2.75, 3.05) is 27.6 Å². The second-order valence-corrected chi connectivity index (χ2v) is 6.73. The molecule has 2 aliphatic rings. The van der Waals surface area contributed by atoms with E-state index in [1.807, 2.05) is 35.2 Å². The van der Waals surface area contributed by atoms with E-state index in [0.29, 0.717) is 25.1 Å². The standard InChI is InChI=1S/C21H23NO5/c1-24-18-10-15-7-8-22(12-16(15)11-19(18)25-2)21(23)6-4-14-3-5-17-20(9-14)27-13-26-17/h3,5,9-11H,4,6-8,12-13H2,1-2H3. The Morgan fingerprint density at radius 3 is 2.56 bits per heavy atom. The van der Waals surface area contributed by atoms with Gasteiger partial charge in [-0.3, -0.25) is 4.79 Å². The topological polar surface area (TPSA) is 57.2 Å². The normalized spacial score (nSPS) is 14.7. The predicted octanol–water partition coefficient (Wildman–Crippen LogP) is 2.95. The number of benzene rings is 2. The number of methoxy groups -OCH3 is 2. The van der Waals surface area contributed by atoms with Crippen LogP contribution < -0.4 is 18.9 Å². The molecule has 6 nitrogen and oxygen atoms in total. The van der Waals surface area contributed by atoms with E-state index in [0.717, 1.165) is 41.3 Å². The third-order valence-corrected chi connectivity index (χ3v) is 5.14. The van der Waals surface area contributed by atoms with Gasteiger partial charge in [-0.1, -0.05) is 6.07 Å². The number of fused-ring (bicyclic) bond motifs is 2. The van der Waals surface area contributed by atoms with Crippen LogP contribution in [0.3, 0.4) is 0 Å². The largest absolute Gasteiger partial charge is 0.493 e. The van der Waals surface area contributed by atoms with Crippen LogP contribution in [-0.2, 0) is 24.2 Å². The van der Waals surface area contributed by atoms with Crippen molar-refractivity contribution in [2.24, 2.45) is 0 Å². The van der Waals surface area contributed by atoms with Gasteiger partial charge in [0.05, 0.1) is 14.2 Å². The smallest absolute Gasteiger partial charge is 0.231 e. The highest BCUT2D eigenvalue weighted by Crippen LogP contribution is 2.34. The minimum Gasteiger partial charge on any atom is -0.493 e. The first kappa shape index (κ1) is 17.5. The molecule has 0 unspecified atom stereocenters. The van der Waals surface area contributed by atoms with Gasteiger partial charge in [0.1, 0.15) is 0 Å². The number of rotatable bonds is 5. The molecule has 2 heterocycles. The Morgan fingerprint density at radius 2 is 1.78 bits per heavy atom. The van der Waals surface area contributed by atoms with E-state index in [9.17, 15) is 4.79 Å². The van der Waals surface area contributed by atoms with Crippen LogP contribution in [0, 0.1) is 0 Å². The maximum Gasteiger partial charge on any atom is 0.231 e. The molecule has 2 aromatic carbocycles. The van der Waals surface area contributed by atoms with Crippen LogP contribution in [-0.4, -0.2) is 38.4 Å². The summed E-state index contributed by atoms with van der Waals surface area (Å²) in [6.45, 7) is 1.59. The molecule has 2 aromatic rings. The van der Waals surface area contributed by atoms with E-state index < -0.39 is 0 Å². The van der Waals surface area contributed by atoms with Gasteiger partial charge in [-0.2, -0.15) is 0 Å². The fraction of sp³-hybridized carbons (Fsp3) is 0.381. The zero-order valence-electron chi connectivity index (χ0n) is 15.6. The van der Waals surface area contributed by atoms with Gasteiger partial charge in [-0.05, 0) is 53.8 Å². The molecule has 0 fully saturated rings. The van der Waals surface area contributed by atoms with Crippen molar-refractivity contribution in [1.82, 2.24) is 4.90 Å². The highest BCUT2D eigenvalue weighted by atomic mass is 16.7. The summed E-state index contributed by atoms with van der Waals surface area (Å²) in [4.78, 5) is 14.6. The quantitative estimate of drug-likeness (QED) is 0.811. The molecule has 0 aromatic heterocycles. The van der Waals surface area contributed by atoms with Crippen LogP contribution in [0.1, 0.15) is 23.1 Å². The number of carbonyl (C=O) groups excluding carboxylic acids is 1. The van der Waals surface area contributed by atoms with Crippen LogP contribution in [0.4, 0.5) is 0 Å². The molecular weight excluding hydrogens is 346 g/mol. The third-order valence-electron chi connectivity index (χ3n) is 5.14. The molecule has 4 rings (SSSR count).